The van der Waals surface area contributed by atoms with E-state index in [1.165, 1.54) is 0 Å². The van der Waals surface area contributed by atoms with Crippen molar-refractivity contribution in [2.75, 3.05) is 11.8 Å². The predicted molar refractivity (Wildman–Crippen MR) is 50.3 cm³/mol. The minimum Gasteiger partial charge on any atom is -0.497 e. The van der Waals surface area contributed by atoms with Crippen LogP contribution in [-0.4, -0.2) is 7.11 Å². The molecule has 1 N–H and O–H groups in total. The molecule has 1 aromatic carbocycles. The van der Waals surface area contributed by atoms with Crippen LogP contribution in [0.4, 0.5) is 5.69 Å². The minimum atomic E-state index is 0.870. The third kappa shape index (κ3) is 1.80. The van der Waals surface area contributed by atoms with E-state index in [1.807, 2.05) is 25.1 Å². The van der Waals surface area contributed by atoms with Crippen molar-refractivity contribution in [3.63, 3.8) is 0 Å². The zero-order valence-electron chi connectivity index (χ0n) is 6.59. The van der Waals surface area contributed by atoms with Gasteiger partial charge in [-0.25, -0.2) is 0 Å². The normalized spacial score (nSPS) is 9.36. The lowest BCUT2D eigenvalue weighted by Crippen LogP contribution is -1.87. The number of methoxy groups -OCH3 is 1. The molecule has 0 atom stereocenters. The molecule has 11 heavy (non-hydrogen) atoms. The zero-order valence-corrected chi connectivity index (χ0v) is 7.48. The number of hydrogen-bond donors (Lipinski definition) is 2. The van der Waals surface area contributed by atoms with Gasteiger partial charge in [-0.2, -0.15) is 0 Å². The van der Waals surface area contributed by atoms with E-state index in [9.17, 15) is 0 Å². The number of nitrogens with one attached hydrogen (secondary N) is 1. The number of thiol groups is 1. The van der Waals surface area contributed by atoms with Crippen molar-refractivity contribution in [3.05, 3.63) is 23.8 Å². The van der Waals surface area contributed by atoms with Crippen molar-refractivity contribution in [1.82, 2.24) is 0 Å². The summed E-state index contributed by atoms with van der Waals surface area (Å²) in [6.45, 7) is 2.00. The second kappa shape index (κ2) is 3.53. The Morgan fingerprint density at radius 2 is 2.18 bits per heavy atom. The molecule has 1 aromatic rings. The third-order valence-corrected chi connectivity index (χ3v) is 1.79. The van der Waals surface area contributed by atoms with Gasteiger partial charge in [-0.3, -0.25) is 0 Å². The van der Waals surface area contributed by atoms with Crippen molar-refractivity contribution in [1.29, 1.82) is 0 Å². The first-order valence-electron chi connectivity index (χ1n) is 3.32. The number of aryl methyl sites for hydroxylation is 1. The van der Waals surface area contributed by atoms with Gasteiger partial charge in [0.1, 0.15) is 5.75 Å². The Morgan fingerprint density at radius 1 is 1.45 bits per heavy atom. The predicted octanol–water partition coefficient (Wildman–Crippen LogP) is 2.26. The summed E-state index contributed by atoms with van der Waals surface area (Å²) in [6.07, 6.45) is 0. The molecule has 0 radical (unpaired) electrons. The summed E-state index contributed by atoms with van der Waals surface area (Å²) in [5.74, 6) is 0.870. The van der Waals surface area contributed by atoms with Crippen LogP contribution >= 0.6 is 12.8 Å². The number of ether oxygens (including phenoxy) is 1. The summed E-state index contributed by atoms with van der Waals surface area (Å²) in [4.78, 5) is 0. The molecule has 1 rings (SSSR count). The fourth-order valence-corrected chi connectivity index (χ4v) is 1.14. The van der Waals surface area contributed by atoms with Gasteiger partial charge in [0, 0.05) is 5.69 Å². The molecule has 0 aliphatic heterocycles. The van der Waals surface area contributed by atoms with E-state index >= 15 is 0 Å². The van der Waals surface area contributed by atoms with Gasteiger partial charge in [0.2, 0.25) is 0 Å². The van der Waals surface area contributed by atoms with Gasteiger partial charge in [0.15, 0.2) is 0 Å². The summed E-state index contributed by atoms with van der Waals surface area (Å²) in [7, 11) is 1.66. The van der Waals surface area contributed by atoms with E-state index in [4.69, 9.17) is 4.74 Å². The van der Waals surface area contributed by atoms with Crippen LogP contribution in [0.1, 0.15) is 5.56 Å². The van der Waals surface area contributed by atoms with Crippen LogP contribution in [0.5, 0.6) is 5.75 Å². The molecule has 0 bridgehead atoms. The van der Waals surface area contributed by atoms with Crippen LogP contribution in [0.15, 0.2) is 18.2 Å². The Kier molecular flexibility index (Phi) is 2.65. The fourth-order valence-electron chi connectivity index (χ4n) is 0.889. The van der Waals surface area contributed by atoms with Crippen molar-refractivity contribution < 1.29 is 4.74 Å². The van der Waals surface area contributed by atoms with Gasteiger partial charge in [-0.15, -0.1) is 0 Å². The largest absolute Gasteiger partial charge is 0.497 e. The Hall–Kier alpha value is -0.830. The highest BCUT2D eigenvalue weighted by molar-refractivity contribution is 7.81. The first-order chi connectivity index (χ1) is 5.27. The van der Waals surface area contributed by atoms with Crippen molar-refractivity contribution in [3.8, 4) is 5.75 Å². The molecule has 0 heterocycles. The van der Waals surface area contributed by atoms with Crippen LogP contribution in [0, 0.1) is 6.92 Å². The summed E-state index contributed by atoms with van der Waals surface area (Å²) >= 11 is 3.95. The fraction of sp³-hybridized carbons (Fsp3) is 0.250. The SMILES string of the molecule is COc1ccc(NS)c(C)c1. The highest BCUT2D eigenvalue weighted by Crippen LogP contribution is 2.20. The number of anilines is 1. The van der Waals surface area contributed by atoms with Crippen LogP contribution in [-0.2, 0) is 0 Å². The van der Waals surface area contributed by atoms with E-state index in [-0.39, 0.29) is 0 Å². The molecule has 0 aromatic heterocycles. The lowest BCUT2D eigenvalue weighted by atomic mass is 10.2. The topological polar surface area (TPSA) is 21.3 Å². The maximum Gasteiger partial charge on any atom is 0.119 e. The van der Waals surface area contributed by atoms with E-state index in [0.717, 1.165) is 17.0 Å². The second-order valence-electron chi connectivity index (χ2n) is 2.29. The lowest BCUT2D eigenvalue weighted by Gasteiger charge is -2.05. The molecule has 0 fully saturated rings. The number of rotatable bonds is 2. The molecule has 0 saturated heterocycles. The first-order valence-corrected chi connectivity index (χ1v) is 3.77. The average Bonchev–Trinajstić information content (AvgIpc) is 2.04. The zero-order chi connectivity index (χ0) is 8.27. The molecule has 0 aliphatic rings. The van der Waals surface area contributed by atoms with Gasteiger partial charge in [-0.05, 0) is 30.7 Å². The highest BCUT2D eigenvalue weighted by Gasteiger charge is 1.96. The molecule has 60 valence electrons. The van der Waals surface area contributed by atoms with Crippen LogP contribution < -0.4 is 9.46 Å². The maximum atomic E-state index is 5.04. The van der Waals surface area contributed by atoms with E-state index in [1.54, 1.807) is 7.11 Å². The van der Waals surface area contributed by atoms with E-state index in [2.05, 4.69) is 17.5 Å². The van der Waals surface area contributed by atoms with Gasteiger partial charge in [-0.1, -0.05) is 12.8 Å². The summed E-state index contributed by atoms with van der Waals surface area (Å²) < 4.78 is 7.83. The quantitative estimate of drug-likeness (QED) is 0.663. The summed E-state index contributed by atoms with van der Waals surface area (Å²) in [5.41, 5.74) is 2.13. The second-order valence-corrected chi connectivity index (χ2v) is 2.52. The van der Waals surface area contributed by atoms with Gasteiger partial charge < -0.3 is 9.46 Å². The molecular formula is C8H11NOS. The Morgan fingerprint density at radius 3 is 2.64 bits per heavy atom. The van der Waals surface area contributed by atoms with Crippen LogP contribution in [0.2, 0.25) is 0 Å². The van der Waals surface area contributed by atoms with E-state index in [0.29, 0.717) is 0 Å². The molecule has 0 amide bonds. The van der Waals surface area contributed by atoms with Crippen LogP contribution in [0.25, 0.3) is 0 Å². The molecule has 0 spiro atoms. The van der Waals surface area contributed by atoms with Gasteiger partial charge in [0.25, 0.3) is 0 Å². The molecule has 0 unspecified atom stereocenters. The number of hydrogen-bond acceptors (Lipinski definition) is 3. The molecule has 0 aliphatic carbocycles. The summed E-state index contributed by atoms with van der Waals surface area (Å²) in [5, 5.41) is 0. The Bertz CT molecular complexity index is 250. The minimum absolute atomic E-state index is 0.870. The van der Waals surface area contributed by atoms with Crippen molar-refractivity contribution in [2.45, 2.75) is 6.92 Å². The maximum absolute atomic E-state index is 5.04. The standard InChI is InChI=1S/C8H11NOS/c1-6-5-7(10-2)3-4-8(6)9-11/h3-5,9,11H,1-2H3. The van der Waals surface area contributed by atoms with Gasteiger partial charge >= 0.3 is 0 Å². The van der Waals surface area contributed by atoms with E-state index < -0.39 is 0 Å². The highest BCUT2D eigenvalue weighted by atomic mass is 32.1. The monoisotopic (exact) mass is 169 g/mol. The number of benzene rings is 1. The first kappa shape index (κ1) is 8.27. The Balaban J connectivity index is 2.99. The summed E-state index contributed by atoms with van der Waals surface area (Å²) in [6, 6.07) is 5.78. The van der Waals surface area contributed by atoms with Gasteiger partial charge in [0.05, 0.1) is 7.11 Å². The molecule has 0 saturated carbocycles. The molecule has 2 nitrogen and oxygen atoms in total. The average molecular weight is 169 g/mol. The Labute approximate surface area is 72.1 Å². The third-order valence-electron chi connectivity index (χ3n) is 1.55. The smallest absolute Gasteiger partial charge is 0.119 e. The van der Waals surface area contributed by atoms with Crippen molar-refractivity contribution in [2.24, 2.45) is 0 Å². The molecular weight excluding hydrogens is 158 g/mol. The van der Waals surface area contributed by atoms with Crippen molar-refractivity contribution >= 4 is 18.5 Å². The lowest BCUT2D eigenvalue weighted by molar-refractivity contribution is 0.414. The molecule has 3 heteroatoms. The van der Waals surface area contributed by atoms with Crippen LogP contribution in [0.3, 0.4) is 0 Å².